The van der Waals surface area contributed by atoms with E-state index in [1.807, 2.05) is 0 Å². The molecule has 6 rings (SSSR count). The summed E-state index contributed by atoms with van der Waals surface area (Å²) in [6.45, 7) is 3.01. The Morgan fingerprint density at radius 2 is 1.41 bits per heavy atom. The van der Waals surface area contributed by atoms with Crippen LogP contribution in [0.5, 0.6) is 5.75 Å². The van der Waals surface area contributed by atoms with Crippen molar-refractivity contribution >= 4 is 47.6 Å². The molecular formula is C33H33N5O6S2. The van der Waals surface area contributed by atoms with Crippen LogP contribution >= 0.6 is 0 Å². The van der Waals surface area contributed by atoms with Gasteiger partial charge in [0.15, 0.2) is 0 Å². The summed E-state index contributed by atoms with van der Waals surface area (Å²) >= 11 is 0. The minimum Gasteiger partial charge on any atom is -0.379 e. The zero-order valence-electron chi connectivity index (χ0n) is 24.9. The second-order valence-corrected chi connectivity index (χ2v) is 14.3. The van der Waals surface area contributed by atoms with Crippen LogP contribution in [-0.2, 0) is 31.4 Å². The number of rotatable bonds is 12. The van der Waals surface area contributed by atoms with E-state index in [0.29, 0.717) is 40.2 Å². The number of nitrogens with one attached hydrogen (secondary N) is 2. The molecule has 2 aromatic heterocycles. The molecule has 1 saturated heterocycles. The number of nitrogens with zero attached hydrogens (tertiary/aromatic N) is 3. The molecule has 0 radical (unpaired) electrons. The fraction of sp³-hybridized carbons (Fsp3) is 0.242. The fourth-order valence-corrected chi connectivity index (χ4v) is 8.21. The van der Waals surface area contributed by atoms with Crippen molar-refractivity contribution in [2.24, 2.45) is 0 Å². The summed E-state index contributed by atoms with van der Waals surface area (Å²) < 4.78 is 61.7. The van der Waals surface area contributed by atoms with Gasteiger partial charge in [-0.25, -0.2) is 8.42 Å². The molecule has 5 aromatic rings. The predicted molar refractivity (Wildman–Crippen MR) is 174 cm³/mol. The van der Waals surface area contributed by atoms with Crippen LogP contribution in [0.3, 0.4) is 0 Å². The van der Waals surface area contributed by atoms with E-state index in [0.717, 1.165) is 25.9 Å². The first-order valence-electron chi connectivity index (χ1n) is 14.9. The molecule has 0 spiro atoms. The zero-order chi connectivity index (χ0) is 32.1. The lowest BCUT2D eigenvalue weighted by Gasteiger charge is -2.21. The van der Waals surface area contributed by atoms with Crippen LogP contribution in [0.15, 0.2) is 107 Å². The number of pyridine rings is 2. The molecule has 1 amide bonds. The molecule has 0 aliphatic carbocycles. The third-order valence-corrected chi connectivity index (χ3v) is 10.8. The molecular weight excluding hydrogens is 627 g/mol. The summed E-state index contributed by atoms with van der Waals surface area (Å²) in [6, 6.07) is 18.0. The van der Waals surface area contributed by atoms with Gasteiger partial charge >= 0.3 is 10.1 Å². The maximum Gasteiger partial charge on any atom is 0.339 e. The summed E-state index contributed by atoms with van der Waals surface area (Å²) in [5.74, 6) is -0.385. The third-order valence-electron chi connectivity index (χ3n) is 7.95. The molecule has 0 bridgehead atoms. The van der Waals surface area contributed by atoms with Crippen LogP contribution in [0.25, 0.3) is 21.5 Å². The Kier molecular flexibility index (Phi) is 9.27. The van der Waals surface area contributed by atoms with Crippen LogP contribution in [0, 0.1) is 0 Å². The Balaban J connectivity index is 1.21. The summed E-state index contributed by atoms with van der Waals surface area (Å²) in [5, 5.41) is 5.19. The molecule has 1 aliphatic rings. The van der Waals surface area contributed by atoms with E-state index in [4.69, 9.17) is 4.18 Å². The summed E-state index contributed by atoms with van der Waals surface area (Å²) in [7, 11) is -8.30. The number of hydrogen-bond acceptors (Lipinski definition) is 9. The van der Waals surface area contributed by atoms with E-state index in [2.05, 4.69) is 24.9 Å². The van der Waals surface area contributed by atoms with Crippen molar-refractivity contribution in [2.45, 2.75) is 35.1 Å². The van der Waals surface area contributed by atoms with Gasteiger partial charge < -0.3 is 14.4 Å². The van der Waals surface area contributed by atoms with Gasteiger partial charge in [0.05, 0.1) is 4.90 Å². The number of carbonyl (C=O) groups is 1. The Morgan fingerprint density at radius 3 is 2.07 bits per heavy atom. The minimum atomic E-state index is -4.17. The van der Waals surface area contributed by atoms with E-state index < -0.39 is 32.1 Å². The summed E-state index contributed by atoms with van der Waals surface area (Å²) in [5.41, 5.74) is 0.602. The first-order valence-corrected chi connectivity index (χ1v) is 17.8. The van der Waals surface area contributed by atoms with Crippen molar-refractivity contribution in [3.63, 3.8) is 0 Å². The van der Waals surface area contributed by atoms with Gasteiger partial charge in [0, 0.05) is 59.4 Å². The standard InChI is InChI=1S/C33H33N5O6S2/c39-33(36-17-20-38-18-1-2-19-38)30(37-45(40,41)31-7-3-5-25-22-34-15-13-28(25)31)21-24-9-11-27(12-10-24)44-46(42,43)32-8-4-6-26-23-35-16-14-29(26)32/h3-16,22-23,30,37H,1-2,17-21H2,(H,36,39)/t30-/m0/s1. The lowest BCUT2D eigenvalue weighted by molar-refractivity contribution is -0.122. The second-order valence-electron chi connectivity index (χ2n) is 11.1. The molecule has 0 saturated carbocycles. The molecule has 1 aliphatic heterocycles. The van der Waals surface area contributed by atoms with E-state index in [1.54, 1.807) is 60.9 Å². The van der Waals surface area contributed by atoms with Crippen LogP contribution in [0.2, 0.25) is 0 Å². The van der Waals surface area contributed by atoms with Gasteiger partial charge in [-0.05, 0) is 74.3 Å². The third kappa shape index (κ3) is 7.18. The molecule has 2 N–H and O–H groups in total. The largest absolute Gasteiger partial charge is 0.379 e. The Morgan fingerprint density at radius 1 is 0.804 bits per heavy atom. The smallest absolute Gasteiger partial charge is 0.339 e. The number of carbonyl (C=O) groups excluding carboxylic acids is 1. The van der Waals surface area contributed by atoms with Gasteiger partial charge in [-0.1, -0.05) is 36.4 Å². The van der Waals surface area contributed by atoms with Crippen LogP contribution in [0.4, 0.5) is 0 Å². The number of hydrogen-bond donors (Lipinski definition) is 2. The van der Waals surface area contributed by atoms with Gasteiger partial charge in [-0.3, -0.25) is 14.8 Å². The first-order chi connectivity index (χ1) is 22.2. The van der Waals surface area contributed by atoms with Crippen molar-refractivity contribution < 1.29 is 25.8 Å². The molecule has 13 heteroatoms. The molecule has 1 atom stereocenters. The number of fused-ring (bicyclic) bond motifs is 2. The Hall–Kier alpha value is -4.43. The predicted octanol–water partition coefficient (Wildman–Crippen LogP) is 3.65. The topological polar surface area (TPSA) is 148 Å². The van der Waals surface area contributed by atoms with Gasteiger partial charge in [0.25, 0.3) is 0 Å². The lowest BCUT2D eigenvalue weighted by Crippen LogP contribution is -2.49. The highest BCUT2D eigenvalue weighted by molar-refractivity contribution is 7.89. The second kappa shape index (κ2) is 13.5. The maximum atomic E-state index is 13.7. The SMILES string of the molecule is O=C(NCCN1CCCC1)[C@H](Cc1ccc(OS(=O)(=O)c2cccc3cnccc23)cc1)NS(=O)(=O)c1cccc2cnccc12. The molecule has 0 unspecified atom stereocenters. The van der Waals surface area contributed by atoms with E-state index >= 15 is 0 Å². The number of sulfonamides is 1. The number of likely N-dealkylation sites (tertiary alicyclic amines) is 1. The molecule has 11 nitrogen and oxygen atoms in total. The molecule has 238 valence electrons. The van der Waals surface area contributed by atoms with E-state index in [1.165, 1.54) is 36.7 Å². The zero-order valence-corrected chi connectivity index (χ0v) is 26.5. The first kappa shape index (κ1) is 31.5. The highest BCUT2D eigenvalue weighted by Crippen LogP contribution is 2.26. The average molecular weight is 660 g/mol. The minimum absolute atomic E-state index is 0.0146. The normalized spacial score (nSPS) is 14.8. The molecule has 3 aromatic carbocycles. The average Bonchev–Trinajstić information content (AvgIpc) is 3.58. The van der Waals surface area contributed by atoms with Crippen molar-refractivity contribution in [3.05, 3.63) is 103 Å². The number of amides is 1. The van der Waals surface area contributed by atoms with E-state index in [-0.39, 0.29) is 22.0 Å². The highest BCUT2D eigenvalue weighted by Gasteiger charge is 2.28. The Labute approximate surface area is 267 Å². The van der Waals surface area contributed by atoms with Crippen molar-refractivity contribution in [1.82, 2.24) is 24.9 Å². The monoisotopic (exact) mass is 659 g/mol. The van der Waals surface area contributed by atoms with E-state index in [9.17, 15) is 21.6 Å². The van der Waals surface area contributed by atoms with Crippen molar-refractivity contribution in [3.8, 4) is 5.75 Å². The lowest BCUT2D eigenvalue weighted by atomic mass is 10.1. The van der Waals surface area contributed by atoms with Crippen LogP contribution < -0.4 is 14.2 Å². The molecule has 1 fully saturated rings. The summed E-state index contributed by atoms with van der Waals surface area (Å²) in [6.07, 6.45) is 8.46. The van der Waals surface area contributed by atoms with Crippen LogP contribution in [0.1, 0.15) is 18.4 Å². The molecule has 3 heterocycles. The maximum absolute atomic E-state index is 13.7. The Bertz CT molecular complexity index is 2070. The summed E-state index contributed by atoms with van der Waals surface area (Å²) in [4.78, 5) is 23.9. The van der Waals surface area contributed by atoms with Crippen molar-refractivity contribution in [2.75, 3.05) is 26.2 Å². The number of aromatic nitrogens is 2. The van der Waals surface area contributed by atoms with Gasteiger partial charge in [-0.15, -0.1) is 0 Å². The van der Waals surface area contributed by atoms with Gasteiger partial charge in [0.1, 0.15) is 16.7 Å². The van der Waals surface area contributed by atoms with Crippen LogP contribution in [-0.4, -0.2) is 69.8 Å². The fourth-order valence-electron chi connectivity index (χ4n) is 5.63. The quantitative estimate of drug-likeness (QED) is 0.192. The van der Waals surface area contributed by atoms with Crippen molar-refractivity contribution in [1.29, 1.82) is 0 Å². The molecule has 46 heavy (non-hydrogen) atoms. The highest BCUT2D eigenvalue weighted by atomic mass is 32.2. The van der Waals surface area contributed by atoms with Gasteiger partial charge in [-0.2, -0.15) is 13.1 Å². The number of benzene rings is 3. The van der Waals surface area contributed by atoms with Gasteiger partial charge in [0.2, 0.25) is 15.9 Å².